The van der Waals surface area contributed by atoms with Gasteiger partial charge in [0, 0.05) is 33.9 Å². The molecule has 1 atom stereocenters. The number of hydrogen-bond donors (Lipinski definition) is 0. The highest BCUT2D eigenvalue weighted by Crippen LogP contribution is 2.33. The Balaban J connectivity index is 1.88. The van der Waals surface area contributed by atoms with Crippen LogP contribution in [0.3, 0.4) is 0 Å². The van der Waals surface area contributed by atoms with Gasteiger partial charge in [-0.05, 0) is 55.1 Å². The molecule has 2 aromatic carbocycles. The molecule has 1 unspecified atom stereocenters. The average Bonchev–Trinajstić information content (AvgIpc) is 2.77. The molecular formula is C24H26BrClN2O2. The Morgan fingerprint density at radius 2 is 1.80 bits per heavy atom. The number of nitrogens with zero attached hydrogens (tertiary/aromatic N) is 2. The Labute approximate surface area is 191 Å². The quantitative estimate of drug-likeness (QED) is 0.324. The lowest BCUT2D eigenvalue weighted by Crippen LogP contribution is -2.31. The molecule has 0 saturated heterocycles. The smallest absolute Gasteiger partial charge is 0.213 e. The summed E-state index contributed by atoms with van der Waals surface area (Å²) in [6.07, 6.45) is 1.51. The first kappa shape index (κ1) is 22.6. The van der Waals surface area contributed by atoms with Gasteiger partial charge in [0.2, 0.25) is 5.88 Å². The van der Waals surface area contributed by atoms with E-state index in [4.69, 9.17) is 21.1 Å². The minimum Gasteiger partial charge on any atom is -0.488 e. The summed E-state index contributed by atoms with van der Waals surface area (Å²) in [6, 6.07) is 19.4. The molecule has 0 bridgehead atoms. The van der Waals surface area contributed by atoms with Crippen LogP contribution in [0, 0.1) is 0 Å². The summed E-state index contributed by atoms with van der Waals surface area (Å²) >= 11 is 9.59. The largest absolute Gasteiger partial charge is 0.488 e. The molecular weight excluding hydrogens is 464 g/mol. The molecule has 0 aliphatic carbocycles. The first-order chi connectivity index (χ1) is 14.6. The van der Waals surface area contributed by atoms with Gasteiger partial charge in [-0.3, -0.25) is 4.90 Å². The van der Waals surface area contributed by atoms with E-state index in [1.54, 1.807) is 6.20 Å². The second kappa shape index (κ2) is 11.3. The van der Waals surface area contributed by atoms with Gasteiger partial charge in [0.25, 0.3) is 0 Å². The zero-order valence-electron chi connectivity index (χ0n) is 17.2. The minimum absolute atomic E-state index is 0.225. The second-order valence-corrected chi connectivity index (χ2v) is 8.21. The first-order valence-corrected chi connectivity index (χ1v) is 11.2. The number of benzene rings is 2. The third-order valence-electron chi connectivity index (χ3n) is 4.85. The van der Waals surface area contributed by atoms with Crippen molar-refractivity contribution in [1.82, 2.24) is 9.88 Å². The monoisotopic (exact) mass is 488 g/mol. The van der Waals surface area contributed by atoms with Crippen LogP contribution in [0.15, 0.2) is 71.3 Å². The zero-order chi connectivity index (χ0) is 21.3. The molecule has 0 amide bonds. The molecule has 0 aliphatic rings. The van der Waals surface area contributed by atoms with Crippen molar-refractivity contribution < 1.29 is 9.47 Å². The van der Waals surface area contributed by atoms with Gasteiger partial charge in [-0.1, -0.05) is 59.6 Å². The maximum atomic E-state index is 6.33. The van der Waals surface area contributed by atoms with Crippen LogP contribution >= 0.6 is 27.5 Å². The molecule has 1 aromatic heterocycles. The van der Waals surface area contributed by atoms with Crippen LogP contribution in [0.2, 0.25) is 5.02 Å². The Morgan fingerprint density at radius 3 is 2.47 bits per heavy atom. The summed E-state index contributed by atoms with van der Waals surface area (Å²) < 4.78 is 13.5. The predicted octanol–water partition coefficient (Wildman–Crippen LogP) is 6.54. The van der Waals surface area contributed by atoms with Crippen molar-refractivity contribution in [2.24, 2.45) is 0 Å². The van der Waals surface area contributed by atoms with Gasteiger partial charge in [-0.25, -0.2) is 4.98 Å². The lowest BCUT2D eigenvalue weighted by Gasteiger charge is -2.27. The van der Waals surface area contributed by atoms with Gasteiger partial charge in [-0.15, -0.1) is 0 Å². The molecule has 3 aromatic rings. The number of halogens is 2. The van der Waals surface area contributed by atoms with Crippen LogP contribution in [0.5, 0.6) is 11.6 Å². The molecule has 0 fully saturated rings. The topological polar surface area (TPSA) is 34.6 Å². The Kier molecular flexibility index (Phi) is 8.55. The molecule has 158 valence electrons. The van der Waals surface area contributed by atoms with Crippen molar-refractivity contribution in [3.05, 3.63) is 87.5 Å². The van der Waals surface area contributed by atoms with E-state index in [9.17, 15) is 0 Å². The van der Waals surface area contributed by atoms with Crippen LogP contribution in [0.1, 0.15) is 31.1 Å². The van der Waals surface area contributed by atoms with E-state index in [0.29, 0.717) is 17.5 Å². The summed E-state index contributed by atoms with van der Waals surface area (Å²) in [5.41, 5.74) is 2.04. The highest BCUT2D eigenvalue weighted by atomic mass is 79.9. The van der Waals surface area contributed by atoms with E-state index in [1.807, 2.05) is 54.6 Å². The van der Waals surface area contributed by atoms with E-state index in [2.05, 4.69) is 45.7 Å². The molecule has 3 rings (SSSR count). The minimum atomic E-state index is -0.225. The van der Waals surface area contributed by atoms with Crippen LogP contribution in [-0.2, 0) is 6.61 Å². The Morgan fingerprint density at radius 1 is 1.03 bits per heavy atom. The summed E-state index contributed by atoms with van der Waals surface area (Å²) in [7, 11) is 0. The third kappa shape index (κ3) is 6.46. The molecule has 30 heavy (non-hydrogen) atoms. The van der Waals surface area contributed by atoms with Gasteiger partial charge in [0.05, 0.1) is 0 Å². The predicted molar refractivity (Wildman–Crippen MR) is 125 cm³/mol. The molecule has 4 nitrogen and oxygen atoms in total. The van der Waals surface area contributed by atoms with Gasteiger partial charge < -0.3 is 9.47 Å². The van der Waals surface area contributed by atoms with Crippen molar-refractivity contribution in [1.29, 1.82) is 0 Å². The molecule has 0 saturated carbocycles. The number of ether oxygens (including phenoxy) is 2. The second-order valence-electron chi connectivity index (χ2n) is 6.86. The van der Waals surface area contributed by atoms with Crippen LogP contribution in [-0.4, -0.2) is 29.5 Å². The fraction of sp³-hybridized carbons (Fsp3) is 0.292. The summed E-state index contributed by atoms with van der Waals surface area (Å²) in [4.78, 5) is 6.68. The van der Waals surface area contributed by atoms with Gasteiger partial charge in [0.15, 0.2) is 0 Å². The normalized spacial score (nSPS) is 12.0. The number of hydrogen-bond acceptors (Lipinski definition) is 4. The van der Waals surface area contributed by atoms with Gasteiger partial charge in [-0.2, -0.15) is 0 Å². The fourth-order valence-electron chi connectivity index (χ4n) is 3.12. The summed E-state index contributed by atoms with van der Waals surface area (Å²) in [5, 5.41) is 0.714. The molecule has 0 spiro atoms. The third-order valence-corrected chi connectivity index (χ3v) is 5.59. The Hall–Kier alpha value is -2.08. The van der Waals surface area contributed by atoms with Gasteiger partial charge in [0.1, 0.15) is 18.5 Å². The highest BCUT2D eigenvalue weighted by Gasteiger charge is 2.22. The molecule has 0 radical (unpaired) electrons. The van der Waals surface area contributed by atoms with Crippen LogP contribution in [0.25, 0.3) is 0 Å². The van der Waals surface area contributed by atoms with E-state index in [0.717, 1.165) is 41.0 Å². The molecule has 6 heteroatoms. The molecule has 0 aliphatic heterocycles. The van der Waals surface area contributed by atoms with Gasteiger partial charge >= 0.3 is 0 Å². The van der Waals surface area contributed by atoms with Crippen LogP contribution in [0.4, 0.5) is 0 Å². The highest BCUT2D eigenvalue weighted by molar-refractivity contribution is 9.10. The standard InChI is InChI=1S/C24H26BrClN2O2/c1-3-28(4-2)16-23(30-24-7-5-6-14-27-24)21-15-19(25)10-13-22(21)29-17-18-8-11-20(26)12-9-18/h5-15,23H,3-4,16-17H2,1-2H3. The number of aromatic nitrogens is 1. The Bertz CT molecular complexity index is 918. The van der Waals surface area contributed by atoms with E-state index in [1.165, 1.54) is 0 Å². The van der Waals surface area contributed by atoms with Crippen molar-refractivity contribution in [2.75, 3.05) is 19.6 Å². The first-order valence-electron chi connectivity index (χ1n) is 10.1. The lowest BCUT2D eigenvalue weighted by atomic mass is 10.1. The van der Waals surface area contributed by atoms with Crippen molar-refractivity contribution in [2.45, 2.75) is 26.6 Å². The number of pyridine rings is 1. The van der Waals surface area contributed by atoms with Crippen LogP contribution < -0.4 is 9.47 Å². The lowest BCUT2D eigenvalue weighted by molar-refractivity contribution is 0.131. The van der Waals surface area contributed by atoms with E-state index in [-0.39, 0.29) is 6.10 Å². The summed E-state index contributed by atoms with van der Waals surface area (Å²) in [6.45, 7) is 7.37. The number of rotatable bonds is 10. The SMILES string of the molecule is CCN(CC)CC(Oc1ccccn1)c1cc(Br)ccc1OCc1ccc(Cl)cc1. The summed E-state index contributed by atoms with van der Waals surface area (Å²) in [5.74, 6) is 1.39. The maximum absolute atomic E-state index is 6.33. The molecule has 1 heterocycles. The van der Waals surface area contributed by atoms with Crippen molar-refractivity contribution in [3.63, 3.8) is 0 Å². The number of likely N-dealkylation sites (N-methyl/N-ethyl adjacent to an activating group) is 1. The van der Waals surface area contributed by atoms with Crippen molar-refractivity contribution in [3.8, 4) is 11.6 Å². The van der Waals surface area contributed by atoms with E-state index >= 15 is 0 Å². The zero-order valence-corrected chi connectivity index (χ0v) is 19.6. The average molecular weight is 490 g/mol. The molecule has 0 N–H and O–H groups in total. The fourth-order valence-corrected chi connectivity index (χ4v) is 3.63. The maximum Gasteiger partial charge on any atom is 0.213 e. The van der Waals surface area contributed by atoms with Crippen molar-refractivity contribution >= 4 is 27.5 Å². The van der Waals surface area contributed by atoms with E-state index < -0.39 is 0 Å².